The van der Waals surface area contributed by atoms with Gasteiger partial charge in [0.2, 0.25) is 0 Å². The van der Waals surface area contributed by atoms with Gasteiger partial charge in [-0.3, -0.25) is 0 Å². The molecule has 4 aliphatic carbocycles. The van der Waals surface area contributed by atoms with Crippen LogP contribution in [0.1, 0.15) is 66.8 Å². The number of hydrogen-bond donors (Lipinski definition) is 0. The van der Waals surface area contributed by atoms with Crippen molar-refractivity contribution in [2.75, 3.05) is 0 Å². The van der Waals surface area contributed by atoms with E-state index in [4.69, 9.17) is 0 Å². The van der Waals surface area contributed by atoms with Crippen LogP contribution in [0.15, 0.2) is 84.9 Å². The Hall–Kier alpha value is -7.02. The van der Waals surface area contributed by atoms with Crippen molar-refractivity contribution in [2.45, 2.75) is 83.1 Å². The molecule has 0 unspecified atom stereocenters. The molecule has 0 saturated heterocycles. The Morgan fingerprint density at radius 1 is 0.197 bits per heavy atom. The molecule has 0 heterocycles. The zero-order valence-electron chi connectivity index (χ0n) is 40.1. The van der Waals surface area contributed by atoms with E-state index >= 15 is 0 Å². The summed E-state index contributed by atoms with van der Waals surface area (Å²) in [6, 6.07) is 34.7. The maximum absolute atomic E-state index is 2.57. The number of rotatable bonds is 0. The topological polar surface area (TPSA) is 0 Å². The summed E-state index contributed by atoms with van der Waals surface area (Å²) < 4.78 is 0. The third-order valence-corrected chi connectivity index (χ3v) is 18.6. The van der Waals surface area contributed by atoms with Crippen molar-refractivity contribution in [3.05, 3.63) is 193 Å². The Morgan fingerprint density at radius 3 is 0.909 bits per heavy atom. The number of benzene rings is 11. The first-order valence-corrected chi connectivity index (χ1v) is 24.1. The minimum Gasteiger partial charge on any atom is -0.0531 e. The highest BCUT2D eigenvalue weighted by Crippen LogP contribution is 2.59. The fourth-order valence-corrected chi connectivity index (χ4v) is 14.5. The van der Waals surface area contributed by atoms with Crippen molar-refractivity contribution < 1.29 is 0 Å². The van der Waals surface area contributed by atoms with Gasteiger partial charge in [0, 0.05) is 0 Å². The molecule has 4 aliphatic rings. The molecule has 0 spiro atoms. The lowest BCUT2D eigenvalue weighted by molar-refractivity contribution is 1.25. The SMILES string of the molecule is Cc1c(C)c(C)c2cc3c(cc2c1C)-c1ccc2c4c(ccc-3c14)-c1c-2c(C)c2cc3c(C)c4c(c(C)c3cc2c1C)=c1ccc2c3c(ccc=4c13)=c1cc3c(C)c(C)c(C)c(C)c3cc1=2. The first-order valence-electron chi connectivity index (χ1n) is 24.1. The van der Waals surface area contributed by atoms with Crippen LogP contribution in [0.2, 0.25) is 0 Å². The van der Waals surface area contributed by atoms with Gasteiger partial charge in [0.05, 0.1) is 0 Å². The molecular formula is C66H50. The molecular weight excluding hydrogens is 793 g/mol. The van der Waals surface area contributed by atoms with Gasteiger partial charge in [-0.15, -0.1) is 0 Å². The molecule has 0 heteroatoms. The number of aryl methyl sites for hydroxylation is 8. The predicted octanol–water partition coefficient (Wildman–Crippen LogP) is 17.4. The van der Waals surface area contributed by atoms with E-state index in [1.807, 2.05) is 0 Å². The normalized spacial score (nSPS) is 13.2. The van der Waals surface area contributed by atoms with Crippen molar-refractivity contribution in [1.82, 2.24) is 0 Å². The second-order valence-electron chi connectivity index (χ2n) is 21.0. The van der Waals surface area contributed by atoms with E-state index in [1.54, 1.807) is 0 Å². The molecule has 11 aromatic rings. The fourth-order valence-electron chi connectivity index (χ4n) is 14.5. The lowest BCUT2D eigenvalue weighted by atomic mass is 9.85. The monoisotopic (exact) mass is 842 g/mol. The van der Waals surface area contributed by atoms with Crippen molar-refractivity contribution >= 4 is 64.6 Å². The molecule has 0 aliphatic heterocycles. The van der Waals surface area contributed by atoms with Crippen LogP contribution in [0.25, 0.3) is 109 Å². The minimum atomic E-state index is 1.38. The summed E-state index contributed by atoms with van der Waals surface area (Å²) in [4.78, 5) is 0. The summed E-state index contributed by atoms with van der Waals surface area (Å²) in [5.74, 6) is 0. The Balaban J connectivity index is 1.00. The van der Waals surface area contributed by atoms with Crippen LogP contribution in [-0.4, -0.2) is 0 Å². The molecule has 66 heavy (non-hydrogen) atoms. The van der Waals surface area contributed by atoms with Crippen molar-refractivity contribution in [3.8, 4) is 44.5 Å². The predicted molar refractivity (Wildman–Crippen MR) is 281 cm³/mol. The molecule has 11 aromatic carbocycles. The molecule has 0 fully saturated rings. The summed E-state index contributed by atoms with van der Waals surface area (Å²) in [5, 5.41) is 28.0. The molecule has 0 nitrogen and oxygen atoms in total. The van der Waals surface area contributed by atoms with E-state index in [1.165, 1.54) is 218 Å². The first-order chi connectivity index (χ1) is 31.8. The maximum atomic E-state index is 2.57. The average Bonchev–Trinajstić information content (AvgIpc) is 4.05. The molecule has 0 saturated carbocycles. The second kappa shape index (κ2) is 11.7. The standard InChI is InChI=1S/C66H50/c1-27-28(2)32(6)48-24-56-40-14-18-44-60-36(10)52-22-54-38(12)62-46-20-16-42-58-26-50-34(8)30(4)29(3)33(7)49(50)25-57(58)41-15-19-45(66(46)64(41)42)61(62)37(11)53(54)21-51(52)35(9)59(60)43-17-13-39(63(40)65(43)44)55(56)23-47(48)31(27)5/h13-26H,1-12H3. The van der Waals surface area contributed by atoms with Gasteiger partial charge in [-0.1, -0.05) is 48.5 Å². The Morgan fingerprint density at radius 2 is 0.500 bits per heavy atom. The molecule has 314 valence electrons. The molecule has 0 bridgehead atoms. The van der Waals surface area contributed by atoms with Gasteiger partial charge in [-0.2, -0.15) is 0 Å². The fraction of sp³-hybridized carbons (Fsp3) is 0.182. The molecule has 0 N–H and O–H groups in total. The van der Waals surface area contributed by atoms with Crippen LogP contribution in [0.5, 0.6) is 0 Å². The molecule has 15 rings (SSSR count). The van der Waals surface area contributed by atoms with Crippen molar-refractivity contribution in [3.63, 3.8) is 0 Å². The second-order valence-corrected chi connectivity index (χ2v) is 21.0. The highest BCUT2D eigenvalue weighted by atomic mass is 14.4. The third-order valence-electron chi connectivity index (χ3n) is 18.6. The first kappa shape index (κ1) is 37.2. The van der Waals surface area contributed by atoms with E-state index in [-0.39, 0.29) is 0 Å². The average molecular weight is 843 g/mol. The smallest absolute Gasteiger partial charge is 0.00137 e. The lowest BCUT2D eigenvalue weighted by Crippen LogP contribution is -1.95. The van der Waals surface area contributed by atoms with Crippen molar-refractivity contribution in [1.29, 1.82) is 0 Å². The molecule has 0 aromatic heterocycles. The summed E-state index contributed by atoms with van der Waals surface area (Å²) in [7, 11) is 0. The van der Waals surface area contributed by atoms with Crippen LogP contribution < -0.4 is 0 Å². The summed E-state index contributed by atoms with van der Waals surface area (Å²) in [6.07, 6.45) is 0. The Kier molecular flexibility index (Phi) is 6.59. The van der Waals surface area contributed by atoms with Crippen LogP contribution in [0, 0.1) is 125 Å². The van der Waals surface area contributed by atoms with E-state index in [9.17, 15) is 0 Å². The van der Waals surface area contributed by atoms with Crippen molar-refractivity contribution in [2.24, 2.45) is 0 Å². The van der Waals surface area contributed by atoms with E-state index in [2.05, 4.69) is 168 Å². The van der Waals surface area contributed by atoms with E-state index < -0.39 is 0 Å². The number of hydrogen-bond acceptors (Lipinski definition) is 0. The van der Waals surface area contributed by atoms with Gasteiger partial charge >= 0.3 is 0 Å². The highest BCUT2D eigenvalue weighted by Gasteiger charge is 2.33. The third kappa shape index (κ3) is 3.94. The van der Waals surface area contributed by atoms with Crippen LogP contribution in [0.3, 0.4) is 0 Å². The van der Waals surface area contributed by atoms with Gasteiger partial charge in [0.1, 0.15) is 0 Å². The highest BCUT2D eigenvalue weighted by molar-refractivity contribution is 6.29. The van der Waals surface area contributed by atoms with Crippen LogP contribution in [-0.2, 0) is 0 Å². The number of fused-ring (bicyclic) bond motifs is 12. The summed E-state index contributed by atoms with van der Waals surface area (Å²) in [5.41, 5.74) is 28.0. The van der Waals surface area contributed by atoms with Gasteiger partial charge in [0.25, 0.3) is 0 Å². The lowest BCUT2D eigenvalue weighted by Gasteiger charge is -2.18. The van der Waals surface area contributed by atoms with Gasteiger partial charge in [-0.25, -0.2) is 0 Å². The van der Waals surface area contributed by atoms with E-state index in [0.29, 0.717) is 0 Å². The summed E-state index contributed by atoms with van der Waals surface area (Å²) >= 11 is 0. The summed E-state index contributed by atoms with van der Waals surface area (Å²) in [6.45, 7) is 28.0. The maximum Gasteiger partial charge on any atom is -0.00137 e. The zero-order valence-corrected chi connectivity index (χ0v) is 40.1. The van der Waals surface area contributed by atoms with Gasteiger partial charge in [-0.05, 0) is 337 Å². The Bertz CT molecular complexity index is 4550. The van der Waals surface area contributed by atoms with Gasteiger partial charge < -0.3 is 0 Å². The molecule has 0 amide bonds. The zero-order chi connectivity index (χ0) is 45.0. The van der Waals surface area contributed by atoms with Crippen LogP contribution >= 0.6 is 0 Å². The van der Waals surface area contributed by atoms with E-state index in [0.717, 1.165) is 0 Å². The minimum absolute atomic E-state index is 1.38. The largest absolute Gasteiger partial charge is 0.0531 e. The van der Waals surface area contributed by atoms with Gasteiger partial charge in [0.15, 0.2) is 0 Å². The van der Waals surface area contributed by atoms with Crippen LogP contribution in [0.4, 0.5) is 0 Å². The Labute approximate surface area is 383 Å². The quantitative estimate of drug-likeness (QED) is 0.133. The molecule has 0 radical (unpaired) electrons. The molecule has 0 atom stereocenters.